The molecule has 18 heavy (non-hydrogen) atoms. The van der Waals surface area contributed by atoms with Crippen LogP contribution < -0.4 is 5.32 Å². The van der Waals surface area contributed by atoms with Gasteiger partial charge in [0.05, 0.1) is 0 Å². The van der Waals surface area contributed by atoms with Crippen molar-refractivity contribution in [1.29, 1.82) is 0 Å². The Morgan fingerprint density at radius 2 is 2.17 bits per heavy atom. The Morgan fingerprint density at radius 3 is 2.72 bits per heavy atom. The van der Waals surface area contributed by atoms with Gasteiger partial charge in [0.1, 0.15) is 4.88 Å². The van der Waals surface area contributed by atoms with Crippen LogP contribution in [0.15, 0.2) is 6.07 Å². The van der Waals surface area contributed by atoms with E-state index in [2.05, 4.69) is 19.2 Å². The first kappa shape index (κ1) is 15.2. The summed E-state index contributed by atoms with van der Waals surface area (Å²) in [7, 11) is 0. The normalized spacial score (nSPS) is 11.1. The molecule has 1 aromatic rings. The maximum atomic E-state index is 10.8. The van der Waals surface area contributed by atoms with E-state index in [-0.39, 0.29) is 0 Å². The molecule has 0 fully saturated rings. The minimum Gasteiger partial charge on any atom is -0.477 e. The van der Waals surface area contributed by atoms with Crippen LogP contribution >= 0.6 is 11.3 Å². The summed E-state index contributed by atoms with van der Waals surface area (Å²) in [5, 5.41) is 12.3. The van der Waals surface area contributed by atoms with E-state index < -0.39 is 5.97 Å². The summed E-state index contributed by atoms with van der Waals surface area (Å²) in [5.41, 5.74) is 1.11. The van der Waals surface area contributed by atoms with Gasteiger partial charge in [-0.1, -0.05) is 26.7 Å². The quantitative estimate of drug-likeness (QED) is 0.708. The fourth-order valence-corrected chi connectivity index (χ4v) is 2.71. The second kappa shape index (κ2) is 7.54. The molecule has 1 rings (SSSR count). The van der Waals surface area contributed by atoms with E-state index in [1.165, 1.54) is 30.6 Å². The number of unbranched alkanes of at least 4 members (excludes halogenated alkanes) is 1. The van der Waals surface area contributed by atoms with Crippen LogP contribution in [0.1, 0.15) is 53.2 Å². The molecule has 1 aromatic heterocycles. The van der Waals surface area contributed by atoms with Crippen LogP contribution in [-0.4, -0.2) is 17.6 Å². The number of hydrogen-bond acceptors (Lipinski definition) is 3. The number of hydrogen-bond donors (Lipinski definition) is 2. The molecule has 0 amide bonds. The Kier molecular flexibility index (Phi) is 6.36. The fourth-order valence-electron chi connectivity index (χ4n) is 1.83. The molecule has 0 spiro atoms. The lowest BCUT2D eigenvalue weighted by atomic mass is 10.1. The highest BCUT2D eigenvalue weighted by Crippen LogP contribution is 2.21. The van der Waals surface area contributed by atoms with Gasteiger partial charge in [-0.05, 0) is 37.4 Å². The first-order valence-corrected chi connectivity index (χ1v) is 7.35. The number of carboxylic acid groups (broad SMARTS) is 1. The van der Waals surface area contributed by atoms with Crippen molar-refractivity contribution in [2.45, 2.75) is 46.6 Å². The molecular formula is C14H23NO2S. The van der Waals surface area contributed by atoms with Crippen molar-refractivity contribution in [3.05, 3.63) is 21.4 Å². The second-order valence-corrected chi connectivity index (χ2v) is 6.32. The van der Waals surface area contributed by atoms with Gasteiger partial charge in [-0.3, -0.25) is 0 Å². The Hall–Kier alpha value is -0.870. The van der Waals surface area contributed by atoms with Crippen LogP contribution in [0.3, 0.4) is 0 Å². The molecule has 102 valence electrons. The smallest absolute Gasteiger partial charge is 0.345 e. The number of carboxylic acids is 1. The van der Waals surface area contributed by atoms with E-state index >= 15 is 0 Å². The minimum absolute atomic E-state index is 0.434. The SMILES string of the molecule is Cc1sc(C(=O)O)cc1CNCCCCC(C)C. The fraction of sp³-hybridized carbons (Fsp3) is 0.643. The van der Waals surface area contributed by atoms with Gasteiger partial charge in [-0.2, -0.15) is 0 Å². The Labute approximate surface area is 113 Å². The topological polar surface area (TPSA) is 49.3 Å². The number of aromatic carboxylic acids is 1. The third-order valence-electron chi connectivity index (χ3n) is 2.93. The number of aryl methyl sites for hydroxylation is 1. The summed E-state index contributed by atoms with van der Waals surface area (Å²) in [4.78, 5) is 12.4. The monoisotopic (exact) mass is 269 g/mol. The lowest BCUT2D eigenvalue weighted by molar-refractivity contribution is 0.0702. The van der Waals surface area contributed by atoms with E-state index in [4.69, 9.17) is 5.11 Å². The van der Waals surface area contributed by atoms with Crippen molar-refractivity contribution in [1.82, 2.24) is 5.32 Å². The molecule has 0 aliphatic heterocycles. The van der Waals surface area contributed by atoms with Crippen molar-refractivity contribution in [2.24, 2.45) is 5.92 Å². The van der Waals surface area contributed by atoms with Gasteiger partial charge < -0.3 is 10.4 Å². The van der Waals surface area contributed by atoms with Gasteiger partial charge in [-0.15, -0.1) is 11.3 Å². The van der Waals surface area contributed by atoms with E-state index in [0.29, 0.717) is 4.88 Å². The minimum atomic E-state index is -0.828. The third-order valence-corrected chi connectivity index (χ3v) is 4.01. The molecule has 0 atom stereocenters. The first-order valence-electron chi connectivity index (χ1n) is 6.54. The number of carbonyl (C=O) groups is 1. The molecule has 1 heterocycles. The van der Waals surface area contributed by atoms with Crippen LogP contribution in [0.25, 0.3) is 0 Å². The van der Waals surface area contributed by atoms with E-state index in [9.17, 15) is 4.79 Å². The molecule has 0 bridgehead atoms. The lowest BCUT2D eigenvalue weighted by Crippen LogP contribution is -2.14. The molecule has 0 radical (unpaired) electrons. The highest BCUT2D eigenvalue weighted by Gasteiger charge is 2.10. The standard InChI is InChI=1S/C14H23NO2S/c1-10(2)6-4-5-7-15-9-12-8-13(14(16)17)18-11(12)3/h8,10,15H,4-7,9H2,1-3H3,(H,16,17). The first-order chi connectivity index (χ1) is 8.50. The van der Waals surface area contributed by atoms with Gasteiger partial charge in [0.15, 0.2) is 0 Å². The number of nitrogens with one attached hydrogen (secondary N) is 1. The zero-order valence-corrected chi connectivity index (χ0v) is 12.3. The largest absolute Gasteiger partial charge is 0.477 e. The molecule has 0 aliphatic rings. The second-order valence-electron chi connectivity index (χ2n) is 5.06. The van der Waals surface area contributed by atoms with E-state index in [1.54, 1.807) is 6.07 Å². The van der Waals surface area contributed by atoms with Gasteiger partial charge in [0.2, 0.25) is 0 Å². The summed E-state index contributed by atoms with van der Waals surface area (Å²) in [6, 6.07) is 1.78. The molecule has 0 saturated heterocycles. The van der Waals surface area contributed by atoms with Crippen molar-refractivity contribution in [2.75, 3.05) is 6.54 Å². The highest BCUT2D eigenvalue weighted by molar-refractivity contribution is 7.14. The molecule has 2 N–H and O–H groups in total. The molecule has 4 heteroatoms. The number of thiophene rings is 1. The highest BCUT2D eigenvalue weighted by atomic mass is 32.1. The molecule has 0 unspecified atom stereocenters. The maximum absolute atomic E-state index is 10.8. The summed E-state index contributed by atoms with van der Waals surface area (Å²) < 4.78 is 0. The predicted molar refractivity (Wildman–Crippen MR) is 76.4 cm³/mol. The summed E-state index contributed by atoms with van der Waals surface area (Å²) in [6.45, 7) is 8.25. The Bertz CT molecular complexity index is 385. The molecule has 0 aliphatic carbocycles. The Morgan fingerprint density at radius 1 is 1.44 bits per heavy atom. The van der Waals surface area contributed by atoms with Crippen molar-refractivity contribution in [3.8, 4) is 0 Å². The summed E-state index contributed by atoms with van der Waals surface area (Å²) in [5.74, 6) is -0.0477. The molecule has 0 saturated carbocycles. The molecule has 3 nitrogen and oxygen atoms in total. The van der Waals surface area contributed by atoms with Gasteiger partial charge in [0, 0.05) is 11.4 Å². The zero-order valence-electron chi connectivity index (χ0n) is 11.5. The van der Waals surface area contributed by atoms with Crippen LogP contribution in [0.2, 0.25) is 0 Å². The average molecular weight is 269 g/mol. The van der Waals surface area contributed by atoms with Crippen LogP contribution in [-0.2, 0) is 6.54 Å². The van der Waals surface area contributed by atoms with E-state index in [1.807, 2.05) is 6.92 Å². The van der Waals surface area contributed by atoms with Gasteiger partial charge in [0.25, 0.3) is 0 Å². The Balaban J connectivity index is 2.25. The third kappa shape index (κ3) is 5.19. The average Bonchev–Trinajstić information content (AvgIpc) is 2.65. The van der Waals surface area contributed by atoms with Crippen LogP contribution in [0, 0.1) is 12.8 Å². The zero-order chi connectivity index (χ0) is 13.5. The van der Waals surface area contributed by atoms with Gasteiger partial charge in [-0.25, -0.2) is 4.79 Å². The molecular weight excluding hydrogens is 246 g/mol. The maximum Gasteiger partial charge on any atom is 0.345 e. The van der Waals surface area contributed by atoms with Crippen molar-refractivity contribution in [3.63, 3.8) is 0 Å². The molecule has 0 aromatic carbocycles. The van der Waals surface area contributed by atoms with E-state index in [0.717, 1.165) is 29.4 Å². The lowest BCUT2D eigenvalue weighted by Gasteiger charge is -2.06. The predicted octanol–water partition coefficient (Wildman–Crippen LogP) is 3.67. The van der Waals surface area contributed by atoms with Crippen LogP contribution in [0.5, 0.6) is 0 Å². The van der Waals surface area contributed by atoms with Crippen molar-refractivity contribution >= 4 is 17.3 Å². The van der Waals surface area contributed by atoms with Crippen molar-refractivity contribution < 1.29 is 9.90 Å². The number of rotatable bonds is 8. The summed E-state index contributed by atoms with van der Waals surface area (Å²) >= 11 is 1.36. The van der Waals surface area contributed by atoms with Gasteiger partial charge >= 0.3 is 5.97 Å². The van der Waals surface area contributed by atoms with Crippen LogP contribution in [0.4, 0.5) is 0 Å². The summed E-state index contributed by atoms with van der Waals surface area (Å²) in [6.07, 6.45) is 3.73.